The molecule has 1 aliphatic heterocycles. The second-order valence-corrected chi connectivity index (χ2v) is 7.90. The summed E-state index contributed by atoms with van der Waals surface area (Å²) >= 11 is 1.30. The van der Waals surface area contributed by atoms with Crippen LogP contribution in [0.25, 0.3) is 0 Å². The predicted octanol–water partition coefficient (Wildman–Crippen LogP) is 2.74. The molecule has 1 aromatic carbocycles. The molecular weight excluding hydrogens is 371 g/mol. The maximum absolute atomic E-state index is 13.0. The van der Waals surface area contributed by atoms with Crippen LogP contribution in [0.4, 0.5) is 4.39 Å². The lowest BCUT2D eigenvalue weighted by Gasteiger charge is -2.23. The fourth-order valence-corrected chi connectivity index (χ4v) is 4.39. The number of hydrogen-bond acceptors (Lipinski definition) is 5. The number of methoxy groups -OCH3 is 1. The van der Waals surface area contributed by atoms with Gasteiger partial charge in [-0.2, -0.15) is 0 Å². The standard InChI is InChI=1S/C19H21FN2O4S/c1-12-16(27-15(21-12)9-13-3-5-14(20)6-4-13)17(23)22-8-7-19(10-22,11-26-2)18(24)25/h3-6H,7-11H2,1-2H3,(H,24,25). The summed E-state index contributed by atoms with van der Waals surface area (Å²) in [6, 6.07) is 6.18. The number of carboxylic acid groups (broad SMARTS) is 1. The van der Waals surface area contributed by atoms with Crippen LogP contribution >= 0.6 is 11.3 Å². The number of carboxylic acids is 1. The molecule has 1 N–H and O–H groups in total. The number of carbonyl (C=O) groups is 2. The first-order valence-corrected chi connectivity index (χ1v) is 9.38. The number of amides is 1. The maximum Gasteiger partial charge on any atom is 0.313 e. The zero-order valence-corrected chi connectivity index (χ0v) is 16.0. The van der Waals surface area contributed by atoms with Crippen LogP contribution in [0.3, 0.4) is 0 Å². The van der Waals surface area contributed by atoms with Gasteiger partial charge in [0, 0.05) is 26.6 Å². The molecule has 8 heteroatoms. The van der Waals surface area contributed by atoms with E-state index in [-0.39, 0.29) is 24.9 Å². The SMILES string of the molecule is COCC1(C(=O)O)CCN(C(=O)c2sc(Cc3ccc(F)cc3)nc2C)C1. The number of thiazole rings is 1. The van der Waals surface area contributed by atoms with Gasteiger partial charge in [0.1, 0.15) is 16.1 Å². The third-order valence-corrected chi connectivity index (χ3v) is 5.96. The van der Waals surface area contributed by atoms with E-state index in [0.29, 0.717) is 30.0 Å². The molecule has 6 nitrogen and oxygen atoms in total. The Morgan fingerprint density at radius 3 is 2.70 bits per heavy atom. The molecule has 1 aliphatic rings. The highest BCUT2D eigenvalue weighted by atomic mass is 32.1. The Kier molecular flexibility index (Phi) is 5.57. The predicted molar refractivity (Wildman–Crippen MR) is 98.5 cm³/mol. The largest absolute Gasteiger partial charge is 0.481 e. The summed E-state index contributed by atoms with van der Waals surface area (Å²) in [5, 5.41) is 10.3. The number of aliphatic carboxylic acids is 1. The summed E-state index contributed by atoms with van der Waals surface area (Å²) in [5.41, 5.74) is 0.483. The van der Waals surface area contributed by atoms with Crippen LogP contribution in [0.5, 0.6) is 0 Å². The number of nitrogens with zero attached hydrogens (tertiary/aromatic N) is 2. The number of likely N-dealkylation sites (tertiary alicyclic amines) is 1. The normalized spacial score (nSPS) is 19.4. The summed E-state index contributed by atoms with van der Waals surface area (Å²) in [5.74, 6) is -1.44. The van der Waals surface area contributed by atoms with Crippen molar-refractivity contribution in [2.75, 3.05) is 26.8 Å². The van der Waals surface area contributed by atoms with Gasteiger partial charge < -0.3 is 14.7 Å². The highest BCUT2D eigenvalue weighted by Crippen LogP contribution is 2.33. The first kappa shape index (κ1) is 19.4. The first-order valence-electron chi connectivity index (χ1n) is 8.57. The second-order valence-electron chi connectivity index (χ2n) is 6.82. The summed E-state index contributed by atoms with van der Waals surface area (Å²) in [4.78, 5) is 31.1. The summed E-state index contributed by atoms with van der Waals surface area (Å²) < 4.78 is 18.1. The Balaban J connectivity index is 1.75. The summed E-state index contributed by atoms with van der Waals surface area (Å²) in [6.45, 7) is 2.34. The average molecular weight is 392 g/mol. The number of rotatable bonds is 6. The third-order valence-electron chi connectivity index (χ3n) is 4.82. The Bertz CT molecular complexity index is 852. The van der Waals surface area contributed by atoms with E-state index in [1.54, 1.807) is 24.0 Å². The minimum absolute atomic E-state index is 0.0730. The van der Waals surface area contributed by atoms with E-state index in [1.807, 2.05) is 0 Å². The van der Waals surface area contributed by atoms with E-state index >= 15 is 0 Å². The van der Waals surface area contributed by atoms with Crippen LogP contribution in [0.15, 0.2) is 24.3 Å². The number of halogens is 1. The molecule has 1 atom stereocenters. The fraction of sp³-hybridized carbons (Fsp3) is 0.421. The van der Waals surface area contributed by atoms with Gasteiger partial charge in [-0.15, -0.1) is 11.3 Å². The monoisotopic (exact) mass is 392 g/mol. The van der Waals surface area contributed by atoms with E-state index in [2.05, 4.69) is 4.98 Å². The van der Waals surface area contributed by atoms with Crippen LogP contribution in [0.2, 0.25) is 0 Å². The molecule has 0 saturated carbocycles. The molecule has 0 aliphatic carbocycles. The Morgan fingerprint density at radius 2 is 2.07 bits per heavy atom. The number of aryl methyl sites for hydroxylation is 1. The van der Waals surface area contributed by atoms with Gasteiger partial charge in [0.25, 0.3) is 5.91 Å². The van der Waals surface area contributed by atoms with Crippen molar-refractivity contribution in [3.63, 3.8) is 0 Å². The van der Waals surface area contributed by atoms with Gasteiger partial charge in [-0.05, 0) is 31.0 Å². The lowest BCUT2D eigenvalue weighted by molar-refractivity contribution is -0.151. The maximum atomic E-state index is 13.0. The molecule has 2 aromatic rings. The Labute approximate surface area is 160 Å². The molecule has 27 heavy (non-hydrogen) atoms. The van der Waals surface area contributed by atoms with Gasteiger partial charge in [-0.1, -0.05) is 12.1 Å². The van der Waals surface area contributed by atoms with Crippen molar-refractivity contribution in [2.45, 2.75) is 19.8 Å². The number of carbonyl (C=O) groups excluding carboxylic acids is 1. The van der Waals surface area contributed by atoms with Crippen molar-refractivity contribution in [2.24, 2.45) is 5.41 Å². The van der Waals surface area contributed by atoms with E-state index < -0.39 is 11.4 Å². The second kappa shape index (κ2) is 7.74. The van der Waals surface area contributed by atoms with Crippen molar-refractivity contribution in [3.8, 4) is 0 Å². The fourth-order valence-electron chi connectivity index (χ4n) is 3.32. The van der Waals surface area contributed by atoms with E-state index in [1.165, 1.54) is 30.6 Å². The van der Waals surface area contributed by atoms with Crippen LogP contribution in [0.1, 0.15) is 32.4 Å². The van der Waals surface area contributed by atoms with Crippen molar-refractivity contribution < 1.29 is 23.8 Å². The Hall–Kier alpha value is -2.32. The van der Waals surface area contributed by atoms with E-state index in [9.17, 15) is 19.1 Å². The highest BCUT2D eigenvalue weighted by Gasteiger charge is 2.46. The summed E-state index contributed by atoms with van der Waals surface area (Å²) in [6.07, 6.45) is 0.879. The van der Waals surface area contributed by atoms with Crippen molar-refractivity contribution in [1.29, 1.82) is 0 Å². The van der Waals surface area contributed by atoms with Crippen molar-refractivity contribution >= 4 is 23.2 Å². The van der Waals surface area contributed by atoms with Crippen molar-refractivity contribution in [1.82, 2.24) is 9.88 Å². The van der Waals surface area contributed by atoms with Gasteiger partial charge >= 0.3 is 5.97 Å². The zero-order valence-electron chi connectivity index (χ0n) is 15.2. The molecular formula is C19H21FN2O4S. The van der Waals surface area contributed by atoms with E-state index in [4.69, 9.17) is 4.74 Å². The lowest BCUT2D eigenvalue weighted by Crippen LogP contribution is -2.40. The van der Waals surface area contributed by atoms with E-state index in [0.717, 1.165) is 10.6 Å². The number of hydrogen-bond donors (Lipinski definition) is 1. The third kappa shape index (κ3) is 4.01. The smallest absolute Gasteiger partial charge is 0.313 e. The van der Waals surface area contributed by atoms with Gasteiger partial charge in [-0.3, -0.25) is 9.59 Å². The molecule has 0 bridgehead atoms. The number of benzene rings is 1. The average Bonchev–Trinajstić information content (AvgIpc) is 3.21. The minimum Gasteiger partial charge on any atom is -0.481 e. The molecule has 0 spiro atoms. The number of aromatic nitrogens is 1. The molecule has 2 heterocycles. The van der Waals surface area contributed by atoms with Crippen molar-refractivity contribution in [3.05, 3.63) is 51.2 Å². The molecule has 1 unspecified atom stereocenters. The van der Waals surface area contributed by atoms with Gasteiger partial charge in [0.2, 0.25) is 0 Å². The van der Waals surface area contributed by atoms with Gasteiger partial charge in [0.15, 0.2) is 0 Å². The van der Waals surface area contributed by atoms with Crippen LogP contribution in [-0.2, 0) is 16.0 Å². The highest BCUT2D eigenvalue weighted by molar-refractivity contribution is 7.13. The van der Waals surface area contributed by atoms with Crippen LogP contribution in [0, 0.1) is 18.2 Å². The topological polar surface area (TPSA) is 79.7 Å². The molecule has 144 valence electrons. The molecule has 1 saturated heterocycles. The Morgan fingerprint density at radius 1 is 1.37 bits per heavy atom. The van der Waals surface area contributed by atoms with Gasteiger partial charge in [-0.25, -0.2) is 9.37 Å². The van der Waals surface area contributed by atoms with Crippen LogP contribution in [-0.4, -0.2) is 53.7 Å². The molecule has 1 amide bonds. The molecule has 0 radical (unpaired) electrons. The van der Waals surface area contributed by atoms with Crippen LogP contribution < -0.4 is 0 Å². The van der Waals surface area contributed by atoms with Gasteiger partial charge in [0.05, 0.1) is 17.3 Å². The molecule has 1 aromatic heterocycles. The quantitative estimate of drug-likeness (QED) is 0.818. The first-order chi connectivity index (χ1) is 12.8. The minimum atomic E-state index is -1.06. The molecule has 3 rings (SSSR count). The lowest BCUT2D eigenvalue weighted by atomic mass is 9.88. The summed E-state index contributed by atoms with van der Waals surface area (Å²) in [7, 11) is 1.46. The number of ether oxygens (including phenoxy) is 1. The molecule has 1 fully saturated rings. The zero-order chi connectivity index (χ0) is 19.6.